The Balaban J connectivity index is 1.24. The Morgan fingerprint density at radius 2 is 2.00 bits per heavy atom. The van der Waals surface area contributed by atoms with E-state index in [-0.39, 0.29) is 17.9 Å². The average Bonchev–Trinajstić information content (AvgIpc) is 2.77. The summed E-state index contributed by atoms with van der Waals surface area (Å²) < 4.78 is 11.6. The molecule has 7 heteroatoms. The van der Waals surface area contributed by atoms with Crippen LogP contribution in [0.25, 0.3) is 0 Å². The number of nitrogens with one attached hydrogen (secondary N) is 1. The Morgan fingerprint density at radius 3 is 2.71 bits per heavy atom. The molecular weight excluding hydrogens is 356 g/mol. The maximum absolute atomic E-state index is 12.5. The van der Waals surface area contributed by atoms with Crippen molar-refractivity contribution in [2.24, 2.45) is 5.92 Å². The van der Waals surface area contributed by atoms with Crippen LogP contribution >= 0.6 is 0 Å². The van der Waals surface area contributed by atoms with Crippen LogP contribution in [0.15, 0.2) is 42.6 Å². The number of benzene rings is 1. The van der Waals surface area contributed by atoms with Gasteiger partial charge in [-0.05, 0) is 37.1 Å². The number of pyridine rings is 1. The van der Waals surface area contributed by atoms with Gasteiger partial charge in [-0.1, -0.05) is 12.1 Å². The first-order valence-corrected chi connectivity index (χ1v) is 9.50. The Morgan fingerprint density at radius 1 is 1.21 bits per heavy atom. The molecule has 28 heavy (non-hydrogen) atoms. The van der Waals surface area contributed by atoms with Gasteiger partial charge in [0.1, 0.15) is 24.6 Å². The molecule has 1 amide bonds. The molecule has 0 saturated carbocycles. The number of piperidine rings is 1. The van der Waals surface area contributed by atoms with E-state index in [1.165, 1.54) is 0 Å². The number of hydrogen-bond donors (Lipinski definition) is 1. The van der Waals surface area contributed by atoms with E-state index in [4.69, 9.17) is 14.7 Å². The summed E-state index contributed by atoms with van der Waals surface area (Å²) in [4.78, 5) is 19.0. The van der Waals surface area contributed by atoms with Crippen molar-refractivity contribution >= 4 is 11.7 Å². The Hall–Kier alpha value is -3.27. The fraction of sp³-hybridized carbons (Fsp3) is 0.381. The fourth-order valence-corrected chi connectivity index (χ4v) is 3.53. The summed E-state index contributed by atoms with van der Waals surface area (Å²) in [5, 5.41) is 11.9. The monoisotopic (exact) mass is 378 g/mol. The number of hydrogen-bond acceptors (Lipinski definition) is 6. The maximum atomic E-state index is 12.5. The van der Waals surface area contributed by atoms with Crippen molar-refractivity contribution in [3.8, 4) is 17.6 Å². The Kier molecular flexibility index (Phi) is 5.29. The minimum Gasteiger partial charge on any atom is -0.486 e. The summed E-state index contributed by atoms with van der Waals surface area (Å²) in [6, 6.07) is 13.3. The molecule has 0 aliphatic carbocycles. The second kappa shape index (κ2) is 8.17. The van der Waals surface area contributed by atoms with Crippen LogP contribution in [0.3, 0.4) is 0 Å². The summed E-state index contributed by atoms with van der Waals surface area (Å²) in [5.41, 5.74) is 0.551. The standard InChI is InChI=1S/C21H22N4O3/c22-11-15-5-6-20(23-12-15)25-9-7-16(8-10-25)21(26)24-13-17-14-27-18-3-1-2-4-19(18)28-17/h1-6,12,16-17H,7-10,13-14H2,(H,24,26)/t17-/m0/s1. The van der Waals surface area contributed by atoms with E-state index < -0.39 is 0 Å². The van der Waals surface area contributed by atoms with Crippen molar-refractivity contribution in [3.05, 3.63) is 48.2 Å². The first kappa shape index (κ1) is 18.1. The maximum Gasteiger partial charge on any atom is 0.223 e. The van der Waals surface area contributed by atoms with Crippen LogP contribution in [0.5, 0.6) is 11.5 Å². The Bertz CT molecular complexity index is 870. The molecule has 2 aliphatic heterocycles. The molecule has 144 valence electrons. The van der Waals surface area contributed by atoms with Crippen LogP contribution in [-0.4, -0.2) is 43.2 Å². The van der Waals surface area contributed by atoms with Crippen molar-refractivity contribution in [3.63, 3.8) is 0 Å². The molecule has 1 fully saturated rings. The molecule has 0 radical (unpaired) electrons. The predicted octanol–water partition coefficient (Wildman–Crippen LogP) is 2.13. The van der Waals surface area contributed by atoms with Crippen LogP contribution in [0.2, 0.25) is 0 Å². The summed E-state index contributed by atoms with van der Waals surface area (Å²) in [7, 11) is 0. The molecule has 0 unspecified atom stereocenters. The van der Waals surface area contributed by atoms with Gasteiger partial charge in [0.25, 0.3) is 0 Å². The normalized spacial score (nSPS) is 19.0. The number of rotatable bonds is 4. The third-order valence-electron chi connectivity index (χ3n) is 5.14. The number of fused-ring (bicyclic) bond motifs is 1. The van der Waals surface area contributed by atoms with Crippen LogP contribution in [-0.2, 0) is 4.79 Å². The van der Waals surface area contributed by atoms with E-state index in [1.54, 1.807) is 12.3 Å². The molecule has 2 aromatic rings. The molecule has 1 atom stereocenters. The molecule has 1 aromatic carbocycles. The molecule has 1 aromatic heterocycles. The second-order valence-electron chi connectivity index (χ2n) is 7.02. The number of anilines is 1. The van der Waals surface area contributed by atoms with E-state index in [0.717, 1.165) is 43.2 Å². The number of nitriles is 1. The summed E-state index contributed by atoms with van der Waals surface area (Å²) in [6.45, 7) is 2.41. The highest BCUT2D eigenvalue weighted by atomic mass is 16.6. The summed E-state index contributed by atoms with van der Waals surface area (Å²) in [5.74, 6) is 2.37. The largest absolute Gasteiger partial charge is 0.486 e. The number of carbonyl (C=O) groups is 1. The quantitative estimate of drug-likeness (QED) is 0.877. The molecule has 1 N–H and O–H groups in total. The molecule has 4 rings (SSSR count). The van der Waals surface area contributed by atoms with Gasteiger partial charge < -0.3 is 19.7 Å². The highest BCUT2D eigenvalue weighted by Crippen LogP contribution is 2.30. The third-order valence-corrected chi connectivity index (χ3v) is 5.14. The van der Waals surface area contributed by atoms with Gasteiger partial charge in [-0.3, -0.25) is 4.79 Å². The zero-order valence-electron chi connectivity index (χ0n) is 15.5. The lowest BCUT2D eigenvalue weighted by Crippen LogP contribution is -2.45. The van der Waals surface area contributed by atoms with Crippen LogP contribution < -0.4 is 19.7 Å². The lowest BCUT2D eigenvalue weighted by Gasteiger charge is -2.32. The van der Waals surface area contributed by atoms with Gasteiger partial charge in [-0.25, -0.2) is 4.98 Å². The zero-order valence-corrected chi connectivity index (χ0v) is 15.5. The SMILES string of the molecule is N#Cc1ccc(N2CCC(C(=O)NC[C@H]3COc4ccccc4O3)CC2)nc1. The number of amides is 1. The van der Waals surface area contributed by atoms with Gasteiger partial charge in [0.05, 0.1) is 12.1 Å². The molecule has 7 nitrogen and oxygen atoms in total. The topological polar surface area (TPSA) is 87.5 Å². The van der Waals surface area contributed by atoms with Gasteiger partial charge in [0.2, 0.25) is 5.91 Å². The van der Waals surface area contributed by atoms with Crippen molar-refractivity contribution in [2.45, 2.75) is 18.9 Å². The zero-order chi connectivity index (χ0) is 19.3. The average molecular weight is 378 g/mol. The van der Waals surface area contributed by atoms with Crippen LogP contribution in [0.4, 0.5) is 5.82 Å². The number of nitrogens with zero attached hydrogens (tertiary/aromatic N) is 3. The third kappa shape index (κ3) is 4.01. The molecule has 1 saturated heterocycles. The molecule has 3 heterocycles. The van der Waals surface area contributed by atoms with Crippen molar-refractivity contribution in [1.82, 2.24) is 10.3 Å². The molecular formula is C21H22N4O3. The van der Waals surface area contributed by atoms with Crippen molar-refractivity contribution < 1.29 is 14.3 Å². The van der Waals surface area contributed by atoms with Gasteiger partial charge in [-0.15, -0.1) is 0 Å². The van der Waals surface area contributed by atoms with Crippen LogP contribution in [0, 0.1) is 17.2 Å². The lowest BCUT2D eigenvalue weighted by atomic mass is 9.96. The fourth-order valence-electron chi connectivity index (χ4n) is 3.53. The summed E-state index contributed by atoms with van der Waals surface area (Å²) >= 11 is 0. The minimum atomic E-state index is -0.179. The van der Waals surface area contributed by atoms with E-state index >= 15 is 0 Å². The van der Waals surface area contributed by atoms with Crippen LogP contribution in [0.1, 0.15) is 18.4 Å². The number of aromatic nitrogens is 1. The van der Waals surface area contributed by atoms with Gasteiger partial charge in [-0.2, -0.15) is 5.26 Å². The second-order valence-corrected chi connectivity index (χ2v) is 7.02. The molecule has 0 bridgehead atoms. The molecule has 2 aliphatic rings. The van der Waals surface area contributed by atoms with E-state index in [0.29, 0.717) is 18.7 Å². The van der Waals surface area contributed by atoms with Gasteiger partial charge in [0.15, 0.2) is 11.5 Å². The predicted molar refractivity (Wildman–Crippen MR) is 103 cm³/mol. The smallest absolute Gasteiger partial charge is 0.223 e. The number of para-hydroxylation sites is 2. The Labute approximate surface area is 163 Å². The number of carbonyl (C=O) groups excluding carboxylic acids is 1. The highest BCUT2D eigenvalue weighted by molar-refractivity contribution is 5.79. The highest BCUT2D eigenvalue weighted by Gasteiger charge is 2.27. The lowest BCUT2D eigenvalue weighted by molar-refractivity contribution is -0.126. The van der Waals surface area contributed by atoms with E-state index in [2.05, 4.69) is 21.3 Å². The van der Waals surface area contributed by atoms with E-state index in [1.807, 2.05) is 30.3 Å². The first-order valence-electron chi connectivity index (χ1n) is 9.50. The minimum absolute atomic E-state index is 0.00794. The number of ether oxygens (including phenoxy) is 2. The van der Waals surface area contributed by atoms with Crippen molar-refractivity contribution in [1.29, 1.82) is 5.26 Å². The first-order chi connectivity index (χ1) is 13.7. The van der Waals surface area contributed by atoms with Gasteiger partial charge in [0, 0.05) is 25.2 Å². The van der Waals surface area contributed by atoms with E-state index in [9.17, 15) is 4.79 Å². The van der Waals surface area contributed by atoms with Gasteiger partial charge >= 0.3 is 0 Å². The van der Waals surface area contributed by atoms with Crippen molar-refractivity contribution in [2.75, 3.05) is 31.1 Å². The molecule has 0 spiro atoms. The summed E-state index contributed by atoms with van der Waals surface area (Å²) in [6.07, 6.45) is 2.96.